The van der Waals surface area contributed by atoms with Crippen molar-refractivity contribution in [3.05, 3.63) is 48.6 Å². The molecule has 0 unspecified atom stereocenters. The first-order valence-corrected chi connectivity index (χ1v) is 8.01. The molecule has 2 rings (SSSR count). The van der Waals surface area contributed by atoms with Crippen molar-refractivity contribution >= 4 is 23.6 Å². The lowest BCUT2D eigenvalue weighted by atomic mass is 10.2. The number of rotatable bonds is 9. The van der Waals surface area contributed by atoms with Gasteiger partial charge in [0.05, 0.1) is 25.4 Å². The molecule has 14 heteroatoms. The van der Waals surface area contributed by atoms with Crippen molar-refractivity contribution in [1.29, 1.82) is 0 Å². The number of aromatic amines is 2. The van der Waals surface area contributed by atoms with Crippen molar-refractivity contribution < 1.29 is 19.2 Å². The largest absolute Gasteiger partial charge is 0.493 e. The van der Waals surface area contributed by atoms with Crippen LogP contribution in [0.1, 0.15) is 12.0 Å². The summed E-state index contributed by atoms with van der Waals surface area (Å²) in [6.45, 7) is 0.0469. The highest BCUT2D eigenvalue weighted by Crippen LogP contribution is 2.37. The molecule has 0 bridgehead atoms. The number of anilines is 1. The van der Waals surface area contributed by atoms with E-state index in [-0.39, 0.29) is 36.0 Å². The summed E-state index contributed by atoms with van der Waals surface area (Å²) in [6, 6.07) is 2.67. The number of hydrazone groups is 1. The van der Waals surface area contributed by atoms with Crippen molar-refractivity contribution in [2.75, 3.05) is 26.1 Å². The summed E-state index contributed by atoms with van der Waals surface area (Å²) in [4.78, 5) is 46.6. The first-order chi connectivity index (χ1) is 13.8. The zero-order valence-electron chi connectivity index (χ0n) is 15.3. The highest BCUT2D eigenvalue weighted by Gasteiger charge is 2.21. The van der Waals surface area contributed by atoms with Gasteiger partial charge in [-0.15, -0.1) is 5.10 Å². The van der Waals surface area contributed by atoms with E-state index in [0.29, 0.717) is 5.56 Å². The van der Waals surface area contributed by atoms with Gasteiger partial charge in [0.25, 0.3) is 5.56 Å². The monoisotopic (exact) mass is 407 g/mol. The number of nitro benzene ring substituents is 1. The zero-order chi connectivity index (χ0) is 21.4. The third kappa shape index (κ3) is 5.62. The molecule has 14 nitrogen and oxygen atoms in total. The van der Waals surface area contributed by atoms with Crippen molar-refractivity contribution in [3.8, 4) is 11.5 Å². The molecule has 0 radical (unpaired) electrons. The number of H-pyrrole nitrogens is 2. The van der Waals surface area contributed by atoms with E-state index < -0.39 is 22.1 Å². The van der Waals surface area contributed by atoms with Crippen LogP contribution in [0.4, 0.5) is 11.5 Å². The number of ether oxygens (including phenoxy) is 2. The minimum Gasteiger partial charge on any atom is -0.493 e. The number of hydrogen-bond donors (Lipinski definition) is 4. The Kier molecular flexibility index (Phi) is 7.00. The smallest absolute Gasteiger partial charge is 0.342 e. The third-order valence-electron chi connectivity index (χ3n) is 3.44. The highest BCUT2D eigenvalue weighted by atomic mass is 16.6. The van der Waals surface area contributed by atoms with E-state index in [9.17, 15) is 24.5 Å². The van der Waals surface area contributed by atoms with E-state index in [4.69, 9.17) is 9.47 Å². The Labute approximate surface area is 162 Å². The minimum atomic E-state index is -0.747. The molecule has 4 N–H and O–H groups in total. The number of nitro groups is 1. The summed E-state index contributed by atoms with van der Waals surface area (Å²) in [6.07, 6.45) is 1.14. The minimum absolute atomic E-state index is 0.0318. The summed E-state index contributed by atoms with van der Waals surface area (Å²) < 4.78 is 10.0. The number of hydrogen-bond acceptors (Lipinski definition) is 10. The lowest BCUT2D eigenvalue weighted by Crippen LogP contribution is -2.28. The van der Waals surface area contributed by atoms with Crippen LogP contribution in [0.5, 0.6) is 11.5 Å². The molecule has 1 aromatic carbocycles. The first kappa shape index (κ1) is 21.1. The van der Waals surface area contributed by atoms with Gasteiger partial charge in [-0.1, -0.05) is 0 Å². The Balaban J connectivity index is 1.95. The van der Waals surface area contributed by atoms with Crippen LogP contribution in [0.25, 0.3) is 0 Å². The van der Waals surface area contributed by atoms with Crippen LogP contribution in [0, 0.1) is 10.1 Å². The number of nitrogens with zero attached hydrogens (tertiary/aromatic N) is 3. The summed E-state index contributed by atoms with van der Waals surface area (Å²) in [5, 5.41) is 23.0. The van der Waals surface area contributed by atoms with E-state index in [0.717, 1.165) is 0 Å². The maximum Gasteiger partial charge on any atom is 0.342 e. The van der Waals surface area contributed by atoms with Gasteiger partial charge in [-0.3, -0.25) is 24.7 Å². The fourth-order valence-corrected chi connectivity index (χ4v) is 2.17. The van der Waals surface area contributed by atoms with Gasteiger partial charge in [-0.05, 0) is 6.07 Å². The van der Waals surface area contributed by atoms with Gasteiger partial charge in [0, 0.05) is 24.6 Å². The van der Waals surface area contributed by atoms with Crippen LogP contribution in [-0.4, -0.2) is 53.0 Å². The van der Waals surface area contributed by atoms with E-state index in [1.807, 2.05) is 10.1 Å². The molecule has 1 aromatic heterocycles. The molecule has 0 saturated carbocycles. The number of carbonyl (C=O) groups is 1. The second-order valence-electron chi connectivity index (χ2n) is 5.36. The van der Waals surface area contributed by atoms with Crippen molar-refractivity contribution in [2.24, 2.45) is 5.10 Å². The maximum absolute atomic E-state index is 11.8. The van der Waals surface area contributed by atoms with E-state index in [2.05, 4.69) is 20.9 Å². The zero-order valence-corrected chi connectivity index (χ0v) is 15.3. The Bertz CT molecular complexity index is 1040. The summed E-state index contributed by atoms with van der Waals surface area (Å²) >= 11 is 0. The van der Waals surface area contributed by atoms with Gasteiger partial charge in [0.2, 0.25) is 17.5 Å². The van der Waals surface area contributed by atoms with E-state index in [1.165, 1.54) is 32.6 Å². The molecule has 0 saturated heterocycles. The van der Waals surface area contributed by atoms with E-state index >= 15 is 0 Å². The number of carbonyl (C=O) groups excluding carboxylic acids is 1. The van der Waals surface area contributed by atoms with Crippen LogP contribution < -0.4 is 31.5 Å². The molecular weight excluding hydrogens is 390 g/mol. The number of benzene rings is 1. The Morgan fingerprint density at radius 2 is 2.10 bits per heavy atom. The molecule has 0 aliphatic heterocycles. The van der Waals surface area contributed by atoms with Crippen LogP contribution in [0.2, 0.25) is 0 Å². The summed E-state index contributed by atoms with van der Waals surface area (Å²) in [5.74, 6) is -0.531. The van der Waals surface area contributed by atoms with Gasteiger partial charge >= 0.3 is 11.4 Å². The predicted octanol–water partition coefficient (Wildman–Crippen LogP) is -0.664. The summed E-state index contributed by atoms with van der Waals surface area (Å²) in [7, 11) is 2.61. The summed E-state index contributed by atoms with van der Waals surface area (Å²) in [5.41, 5.74) is 0.758. The molecular formula is C15H17N7O7. The molecule has 2 aromatic rings. The van der Waals surface area contributed by atoms with Crippen LogP contribution in [0.15, 0.2) is 26.8 Å². The average molecular weight is 407 g/mol. The SMILES string of the molecule is COc1cc(/C=N/NC(=O)CCNc2n[nH]c(=O)[nH]c2=O)cc([N+](=O)[O-])c1OC. The molecule has 1 amide bonds. The Hall–Kier alpha value is -4.23. The number of amides is 1. The highest BCUT2D eigenvalue weighted by molar-refractivity contribution is 5.85. The molecule has 1 heterocycles. The van der Waals surface area contributed by atoms with Crippen molar-refractivity contribution in [3.63, 3.8) is 0 Å². The molecule has 0 aliphatic rings. The van der Waals surface area contributed by atoms with Crippen LogP contribution in [-0.2, 0) is 4.79 Å². The number of aromatic nitrogens is 3. The number of methoxy groups -OCH3 is 2. The fraction of sp³-hybridized carbons (Fsp3) is 0.267. The van der Waals surface area contributed by atoms with Crippen molar-refractivity contribution in [1.82, 2.24) is 20.6 Å². The molecule has 154 valence electrons. The standard InChI is InChI=1S/C15H17N7O7/c1-28-10-6-8(5-9(22(26)27)12(10)29-2)7-17-19-11(23)3-4-16-13-14(24)18-15(25)21-20-13/h5-7H,3-4H2,1-2H3,(H,16,20)(H,19,23)(H2,18,21,24,25)/b17-7+. The lowest BCUT2D eigenvalue weighted by molar-refractivity contribution is -0.385. The van der Waals surface area contributed by atoms with Crippen LogP contribution in [0.3, 0.4) is 0 Å². The topological polar surface area (TPSA) is 194 Å². The molecule has 0 fully saturated rings. The second kappa shape index (κ2) is 9.63. The molecule has 29 heavy (non-hydrogen) atoms. The normalized spacial score (nSPS) is 10.6. The lowest BCUT2D eigenvalue weighted by Gasteiger charge is -2.08. The molecule has 0 atom stereocenters. The van der Waals surface area contributed by atoms with Gasteiger partial charge in [0.15, 0.2) is 5.75 Å². The van der Waals surface area contributed by atoms with Crippen LogP contribution >= 0.6 is 0 Å². The maximum atomic E-state index is 11.8. The Morgan fingerprint density at radius 1 is 1.34 bits per heavy atom. The third-order valence-corrected chi connectivity index (χ3v) is 3.44. The molecule has 0 spiro atoms. The van der Waals surface area contributed by atoms with Gasteiger partial charge in [-0.2, -0.15) is 5.10 Å². The first-order valence-electron chi connectivity index (χ1n) is 8.01. The second-order valence-corrected chi connectivity index (χ2v) is 5.36. The molecule has 0 aliphatic carbocycles. The van der Waals surface area contributed by atoms with Gasteiger partial charge in [-0.25, -0.2) is 15.3 Å². The van der Waals surface area contributed by atoms with Gasteiger partial charge in [0.1, 0.15) is 0 Å². The predicted molar refractivity (Wildman–Crippen MR) is 101 cm³/mol. The fourth-order valence-electron chi connectivity index (χ4n) is 2.17. The number of nitrogens with one attached hydrogen (secondary N) is 4. The quantitative estimate of drug-likeness (QED) is 0.237. The average Bonchev–Trinajstić information content (AvgIpc) is 2.68. The van der Waals surface area contributed by atoms with Crippen molar-refractivity contribution in [2.45, 2.75) is 6.42 Å². The van der Waals surface area contributed by atoms with E-state index in [1.54, 1.807) is 0 Å². The van der Waals surface area contributed by atoms with Gasteiger partial charge < -0.3 is 14.8 Å². The Morgan fingerprint density at radius 3 is 2.72 bits per heavy atom.